The number of nitrogens with one attached hydrogen (secondary N) is 1. The predicted octanol–water partition coefficient (Wildman–Crippen LogP) is -1.28. The van der Waals surface area contributed by atoms with Gasteiger partial charge in [-0.1, -0.05) is 5.16 Å². The average molecular weight is 727 g/mol. The third-order valence-electron chi connectivity index (χ3n) is 8.19. The van der Waals surface area contributed by atoms with Crippen LogP contribution in [-0.2, 0) is 47.0 Å². The number of fused-ring (bicyclic) bond motifs is 1. The molecule has 49 heavy (non-hydrogen) atoms. The van der Waals surface area contributed by atoms with E-state index in [-0.39, 0.29) is 17.4 Å². The van der Waals surface area contributed by atoms with Gasteiger partial charge in [-0.25, -0.2) is 9.78 Å². The van der Waals surface area contributed by atoms with Crippen molar-refractivity contribution >= 4 is 61.1 Å². The van der Waals surface area contributed by atoms with Crippen molar-refractivity contribution in [1.29, 1.82) is 0 Å². The second-order valence-corrected chi connectivity index (χ2v) is 14.0. The molecule has 0 aliphatic carbocycles. The molecule has 2 aliphatic heterocycles. The van der Waals surface area contributed by atoms with Crippen LogP contribution in [0.15, 0.2) is 34.9 Å². The number of oxime groups is 1. The summed E-state index contributed by atoms with van der Waals surface area (Å²) in [5.41, 5.74) is 4.68. The van der Waals surface area contributed by atoms with E-state index in [1.807, 2.05) is 15.6 Å². The number of amides is 1. The second-order valence-electron chi connectivity index (χ2n) is 12.1. The fourth-order valence-electron chi connectivity index (χ4n) is 5.40. The molecule has 3 atom stereocenters. The Morgan fingerprint density at radius 3 is 2.61 bits per heavy atom. The lowest BCUT2D eigenvalue weighted by molar-refractivity contribution is -0.779. The van der Waals surface area contributed by atoms with E-state index >= 15 is 0 Å². The van der Waals surface area contributed by atoms with E-state index in [0.717, 1.165) is 35.3 Å². The number of hydrogen-bond donors (Lipinski definition) is 6. The molecule has 2 fully saturated rings. The smallest absolute Gasteiger partial charge is 0.418 e. The van der Waals surface area contributed by atoms with Crippen LogP contribution in [0, 0.1) is 11.8 Å². The van der Waals surface area contributed by atoms with Crippen molar-refractivity contribution < 1.29 is 61.2 Å². The number of nitrogen functional groups attached to an aromatic ring is 1. The Labute approximate surface area is 283 Å². The number of carboxylic acids is 1. The zero-order chi connectivity index (χ0) is 35.7. The maximum absolute atomic E-state index is 13.4. The molecule has 266 valence electrons. The summed E-state index contributed by atoms with van der Waals surface area (Å²) in [4.78, 5) is 47.4. The number of β-lactam (4-membered cyclic amide) rings is 1. The molecule has 0 spiro atoms. The largest absolute Gasteiger partial charge is 0.489 e. The Kier molecular flexibility index (Phi) is 10.5. The number of Topliss-reactive ketones (excluding diaryl/α,β-unsaturated/α-hetero) is 1. The molecular weight excluding hydrogens is 690 g/mol. The Bertz CT molecular complexity index is 1870. The van der Waals surface area contributed by atoms with Gasteiger partial charge in [0.25, 0.3) is 12.0 Å². The van der Waals surface area contributed by atoms with Crippen LogP contribution in [0.4, 0.5) is 5.13 Å². The fourth-order valence-corrected chi connectivity index (χ4v) is 6.41. The number of carbonyl (C=O) groups excluding carboxylic acids is 2. The van der Waals surface area contributed by atoms with E-state index in [0.29, 0.717) is 23.3 Å². The third kappa shape index (κ3) is 8.15. The van der Waals surface area contributed by atoms with Crippen LogP contribution in [0.2, 0.25) is 0 Å². The number of nitrogens with zero attached hydrogens (tertiary/aromatic N) is 5. The van der Waals surface area contributed by atoms with Crippen LogP contribution in [0.3, 0.4) is 0 Å². The summed E-state index contributed by atoms with van der Waals surface area (Å²) in [6.07, 6.45) is -1.31. The van der Waals surface area contributed by atoms with E-state index in [9.17, 15) is 38.1 Å². The normalized spacial score (nSPS) is 19.3. The van der Waals surface area contributed by atoms with E-state index in [4.69, 9.17) is 19.9 Å². The number of carboxylic acid groups (broad SMARTS) is 1. The zero-order valence-electron chi connectivity index (χ0n) is 26.3. The van der Waals surface area contributed by atoms with Crippen molar-refractivity contribution in [2.45, 2.75) is 51.1 Å². The summed E-state index contributed by atoms with van der Waals surface area (Å²) in [6, 6.07) is 5.04. The minimum atomic E-state index is -5.00. The molecule has 2 aromatic heterocycles. The summed E-state index contributed by atoms with van der Waals surface area (Å²) < 4.78 is 45.2. The topological polar surface area (TPSA) is 269 Å². The van der Waals surface area contributed by atoms with Gasteiger partial charge in [0.15, 0.2) is 23.2 Å². The van der Waals surface area contributed by atoms with Crippen LogP contribution in [0.25, 0.3) is 10.9 Å². The highest BCUT2D eigenvalue weighted by Gasteiger charge is 2.57. The number of hydrogen-bond acceptors (Lipinski definition) is 15. The van der Waals surface area contributed by atoms with Gasteiger partial charge in [0, 0.05) is 30.8 Å². The number of thiazole rings is 1. The van der Waals surface area contributed by atoms with Gasteiger partial charge in [-0.3, -0.25) is 14.1 Å². The standard InChI is InChI=1S/C28H35N7O12S2/c1-28(2)19(25(39)35(28)47-49(42,43)44)6-22(38)24(20-14-48-27(29)31-20)32-46-23(26(40)41)13-45-18-3-4-21-16(5-18)10-33(9-15-7-30-8-15)34(21)11-17(37)12-36/h3-5,10,14-15,17,19,23,30,36-37H,6-9,11-13H2,1-2H3,(H3-,29,31,40,41,42,43,44)/p+1/b32-24-/t17?,19-,23+/m1/s1. The van der Waals surface area contributed by atoms with Crippen LogP contribution in [-0.4, -0.2) is 110 Å². The molecule has 2 aliphatic rings. The molecule has 1 amide bonds. The number of nitrogens with two attached hydrogens (primary N) is 1. The van der Waals surface area contributed by atoms with Crippen LogP contribution in [0.1, 0.15) is 26.0 Å². The minimum Gasteiger partial charge on any atom is -0.489 e. The molecule has 1 aromatic carbocycles. The van der Waals surface area contributed by atoms with E-state index < -0.39 is 77.1 Å². The van der Waals surface area contributed by atoms with Crippen molar-refractivity contribution in [3.63, 3.8) is 0 Å². The van der Waals surface area contributed by atoms with Gasteiger partial charge in [-0.15, -0.1) is 20.3 Å². The van der Waals surface area contributed by atoms with Crippen LogP contribution < -0.4 is 20.5 Å². The van der Waals surface area contributed by atoms with E-state index in [1.54, 1.807) is 18.2 Å². The van der Waals surface area contributed by atoms with Crippen molar-refractivity contribution in [3.8, 4) is 5.75 Å². The Balaban J connectivity index is 1.31. The number of aliphatic hydroxyl groups excluding tert-OH is 2. The monoisotopic (exact) mass is 726 g/mol. The number of rotatable bonds is 17. The fraction of sp³-hybridized carbons (Fsp3) is 0.500. The average Bonchev–Trinajstić information content (AvgIpc) is 3.59. The first-order valence-electron chi connectivity index (χ1n) is 14.9. The lowest BCUT2D eigenvalue weighted by Gasteiger charge is -2.50. The molecule has 4 heterocycles. The van der Waals surface area contributed by atoms with Gasteiger partial charge >= 0.3 is 16.4 Å². The number of benzene rings is 1. The van der Waals surface area contributed by atoms with E-state index in [2.05, 4.69) is 19.7 Å². The lowest BCUT2D eigenvalue weighted by atomic mass is 9.74. The minimum absolute atomic E-state index is 0.0413. The van der Waals surface area contributed by atoms with Gasteiger partial charge in [0.05, 0.1) is 23.4 Å². The van der Waals surface area contributed by atoms with Crippen LogP contribution >= 0.6 is 11.3 Å². The summed E-state index contributed by atoms with van der Waals surface area (Å²) in [5, 5.41) is 39.0. The third-order valence-corrected chi connectivity index (χ3v) is 9.20. The first-order chi connectivity index (χ1) is 23.1. The number of carbonyl (C=O) groups is 3. The maximum atomic E-state index is 13.4. The quantitative estimate of drug-likeness (QED) is 0.0311. The summed E-state index contributed by atoms with van der Waals surface area (Å²) in [6.45, 7) is 4.44. The lowest BCUT2D eigenvalue weighted by Crippen LogP contribution is -2.68. The number of aliphatic carboxylic acids is 1. The summed E-state index contributed by atoms with van der Waals surface area (Å²) in [5.74, 6) is -3.54. The molecule has 0 bridgehead atoms. The highest BCUT2D eigenvalue weighted by Crippen LogP contribution is 2.40. The number of anilines is 1. The highest BCUT2D eigenvalue weighted by atomic mass is 32.3. The molecular formula is C28H36N7O12S2+. The van der Waals surface area contributed by atoms with Crippen molar-refractivity contribution in [3.05, 3.63) is 35.5 Å². The first-order valence-corrected chi connectivity index (χ1v) is 17.2. The molecule has 1 unspecified atom stereocenters. The molecule has 21 heteroatoms. The molecule has 5 rings (SSSR count). The molecule has 7 N–H and O–H groups in total. The Hall–Kier alpha value is -4.25. The van der Waals surface area contributed by atoms with Crippen molar-refractivity contribution in [2.24, 2.45) is 17.0 Å². The maximum Gasteiger partial charge on any atom is 0.418 e. The molecule has 19 nitrogen and oxygen atoms in total. The molecule has 3 aromatic rings. The van der Waals surface area contributed by atoms with Crippen LogP contribution in [0.5, 0.6) is 5.75 Å². The highest BCUT2D eigenvalue weighted by molar-refractivity contribution is 7.80. The summed E-state index contributed by atoms with van der Waals surface area (Å²) in [7, 11) is -5.00. The van der Waals surface area contributed by atoms with Crippen molar-refractivity contribution in [1.82, 2.24) is 20.0 Å². The Morgan fingerprint density at radius 1 is 1.31 bits per heavy atom. The zero-order valence-corrected chi connectivity index (χ0v) is 28.0. The number of ketones is 1. The van der Waals surface area contributed by atoms with Gasteiger partial charge in [-0.05, 0) is 32.0 Å². The first kappa shape index (κ1) is 36.0. The van der Waals surface area contributed by atoms with Gasteiger partial charge < -0.3 is 35.9 Å². The van der Waals surface area contributed by atoms with Crippen molar-refractivity contribution in [2.75, 3.05) is 32.0 Å². The molecule has 0 radical (unpaired) electrons. The SMILES string of the molecule is CC1(C)[C@H](CC(=O)/C(=N\O[C@@H](COc2ccc3c(c2)c[n+](CC2CNC2)n3CC(O)CO)C(=O)O)c2csc(N)n2)C(=O)N1OS(=O)(=O)O. The molecule has 0 saturated carbocycles. The van der Waals surface area contributed by atoms with E-state index in [1.165, 1.54) is 19.2 Å². The summed E-state index contributed by atoms with van der Waals surface area (Å²) >= 11 is 0.974. The molecule has 2 saturated heterocycles. The number of aromatic nitrogens is 3. The second kappa shape index (κ2) is 14.3. The predicted molar refractivity (Wildman–Crippen MR) is 169 cm³/mol. The van der Waals surface area contributed by atoms with Gasteiger partial charge in [0.2, 0.25) is 6.20 Å². The number of hydroxylamine groups is 2. The number of aliphatic hydroxyl groups is 2. The Morgan fingerprint density at radius 2 is 2.04 bits per heavy atom. The van der Waals surface area contributed by atoms with Gasteiger partial charge in [-0.2, -0.15) is 18.2 Å². The number of ether oxygens (including phenoxy) is 1. The van der Waals surface area contributed by atoms with Gasteiger partial charge in [0.1, 0.15) is 36.2 Å².